The van der Waals surface area contributed by atoms with Crippen LogP contribution in [-0.2, 0) is 15.9 Å². The summed E-state index contributed by atoms with van der Waals surface area (Å²) in [5.41, 5.74) is 2.83. The van der Waals surface area contributed by atoms with Crippen LogP contribution in [-0.4, -0.2) is 91.8 Å². The van der Waals surface area contributed by atoms with E-state index in [1.165, 1.54) is 0 Å². The Balaban J connectivity index is 1.23. The zero-order valence-electron chi connectivity index (χ0n) is 25.1. The van der Waals surface area contributed by atoms with Gasteiger partial charge in [-0.05, 0) is 70.0 Å². The van der Waals surface area contributed by atoms with Gasteiger partial charge < -0.3 is 29.0 Å². The standard InChI is InChI=1S/C31H39N5O7/c1-31(2,3)43-29(37)33-13-15-35(14-5-6-21-11-12-32-24-8-10-27(39-4)34-28(21)24)19-23-20-36(30(38)42-23)22-7-9-25-26(18-22)41-17-16-40-25/h7-12,18,23H,5-6,13-17,19-20H2,1-4H3,(H,33,37). The number of cyclic esters (lactones) is 1. The van der Waals surface area contributed by atoms with E-state index >= 15 is 0 Å². The Morgan fingerprint density at radius 2 is 1.93 bits per heavy atom. The molecule has 2 aliphatic heterocycles. The zero-order chi connectivity index (χ0) is 30.4. The van der Waals surface area contributed by atoms with Crippen LogP contribution in [0.3, 0.4) is 0 Å². The van der Waals surface area contributed by atoms with Crippen molar-refractivity contribution in [1.82, 2.24) is 20.2 Å². The molecular formula is C31H39N5O7. The summed E-state index contributed by atoms with van der Waals surface area (Å²) >= 11 is 0. The smallest absolute Gasteiger partial charge is 0.414 e. The highest BCUT2D eigenvalue weighted by atomic mass is 16.6. The van der Waals surface area contributed by atoms with Crippen LogP contribution in [0.4, 0.5) is 15.3 Å². The number of pyridine rings is 2. The van der Waals surface area contributed by atoms with Gasteiger partial charge in [0.15, 0.2) is 11.5 Å². The number of carbonyl (C=O) groups is 2. The van der Waals surface area contributed by atoms with E-state index in [1.54, 1.807) is 24.3 Å². The second-order valence-electron chi connectivity index (χ2n) is 11.5. The van der Waals surface area contributed by atoms with Crippen LogP contribution in [0.5, 0.6) is 17.4 Å². The maximum absolute atomic E-state index is 12.9. The van der Waals surface area contributed by atoms with Crippen molar-refractivity contribution in [1.29, 1.82) is 0 Å². The lowest BCUT2D eigenvalue weighted by molar-refractivity contribution is 0.0518. The van der Waals surface area contributed by atoms with Crippen LogP contribution in [0.25, 0.3) is 11.0 Å². The fraction of sp³-hybridized carbons (Fsp3) is 0.484. The summed E-state index contributed by atoms with van der Waals surface area (Å²) in [5, 5.41) is 2.83. The minimum atomic E-state index is -0.580. The SMILES string of the molecule is COc1ccc2nccc(CCCN(CCNC(=O)OC(C)(C)C)CC3CN(c4ccc5c(c4)OCCO5)C(=O)O3)c2n1. The topological polar surface area (TPSA) is 125 Å². The second-order valence-corrected chi connectivity index (χ2v) is 11.5. The molecule has 12 nitrogen and oxygen atoms in total. The van der Waals surface area contributed by atoms with Gasteiger partial charge in [-0.25, -0.2) is 14.6 Å². The summed E-state index contributed by atoms with van der Waals surface area (Å²) in [6, 6.07) is 11.1. The van der Waals surface area contributed by atoms with E-state index in [1.807, 2.05) is 51.1 Å². The Hall–Kier alpha value is -4.32. The number of methoxy groups -OCH3 is 1. The molecule has 1 aromatic carbocycles. The number of hydrogen-bond acceptors (Lipinski definition) is 10. The van der Waals surface area contributed by atoms with Gasteiger partial charge in [0.05, 0.1) is 30.4 Å². The van der Waals surface area contributed by atoms with E-state index in [9.17, 15) is 9.59 Å². The van der Waals surface area contributed by atoms with Gasteiger partial charge in [-0.3, -0.25) is 14.8 Å². The van der Waals surface area contributed by atoms with E-state index in [4.69, 9.17) is 23.7 Å². The lowest BCUT2D eigenvalue weighted by Gasteiger charge is -2.25. The van der Waals surface area contributed by atoms with Gasteiger partial charge in [0.25, 0.3) is 0 Å². The maximum Gasteiger partial charge on any atom is 0.414 e. The summed E-state index contributed by atoms with van der Waals surface area (Å²) in [6.45, 7) is 9.01. The summed E-state index contributed by atoms with van der Waals surface area (Å²) in [6.07, 6.45) is 2.15. The van der Waals surface area contributed by atoms with E-state index < -0.39 is 17.8 Å². The lowest BCUT2D eigenvalue weighted by Crippen LogP contribution is -2.41. The molecule has 1 atom stereocenters. The normalized spacial score (nSPS) is 16.3. The molecule has 0 radical (unpaired) electrons. The Kier molecular flexibility index (Phi) is 9.34. The number of anilines is 1. The molecule has 0 aliphatic carbocycles. The van der Waals surface area contributed by atoms with Crippen molar-refractivity contribution >= 4 is 28.9 Å². The fourth-order valence-electron chi connectivity index (χ4n) is 5.11. The van der Waals surface area contributed by atoms with Gasteiger partial charge in [-0.2, -0.15) is 0 Å². The summed E-state index contributed by atoms with van der Waals surface area (Å²) in [4.78, 5) is 37.9. The van der Waals surface area contributed by atoms with Crippen LogP contribution in [0.2, 0.25) is 0 Å². The number of ether oxygens (including phenoxy) is 5. The molecule has 5 rings (SSSR count). The maximum atomic E-state index is 12.9. The number of alkyl carbamates (subject to hydrolysis) is 1. The minimum Gasteiger partial charge on any atom is -0.486 e. The Morgan fingerprint density at radius 3 is 2.72 bits per heavy atom. The first-order valence-electron chi connectivity index (χ1n) is 14.5. The summed E-state index contributed by atoms with van der Waals surface area (Å²) in [7, 11) is 1.60. The first kappa shape index (κ1) is 30.1. The highest BCUT2D eigenvalue weighted by Gasteiger charge is 2.34. The van der Waals surface area contributed by atoms with Crippen LogP contribution >= 0.6 is 0 Å². The predicted molar refractivity (Wildman–Crippen MR) is 160 cm³/mol. The number of carbonyl (C=O) groups excluding carboxylic acids is 2. The minimum absolute atomic E-state index is 0.352. The number of amides is 2. The average molecular weight is 594 g/mol. The number of rotatable bonds is 11. The van der Waals surface area contributed by atoms with Crippen molar-refractivity contribution in [2.45, 2.75) is 45.3 Å². The molecule has 0 saturated carbocycles. The van der Waals surface area contributed by atoms with Gasteiger partial charge in [-0.15, -0.1) is 0 Å². The molecule has 2 aromatic heterocycles. The van der Waals surface area contributed by atoms with Gasteiger partial charge in [-0.1, -0.05) is 0 Å². The van der Waals surface area contributed by atoms with E-state index in [0.717, 1.165) is 29.4 Å². The number of fused-ring (bicyclic) bond motifs is 2. The summed E-state index contributed by atoms with van der Waals surface area (Å²) in [5.74, 6) is 1.83. The predicted octanol–water partition coefficient (Wildman–Crippen LogP) is 4.19. The zero-order valence-corrected chi connectivity index (χ0v) is 25.1. The third-order valence-electron chi connectivity index (χ3n) is 7.04. The molecule has 3 aromatic rings. The lowest BCUT2D eigenvalue weighted by atomic mass is 10.1. The average Bonchev–Trinajstić information content (AvgIpc) is 3.35. The second kappa shape index (κ2) is 13.3. The van der Waals surface area contributed by atoms with Crippen molar-refractivity contribution in [3.05, 3.63) is 48.2 Å². The number of nitrogens with one attached hydrogen (secondary N) is 1. The van der Waals surface area contributed by atoms with Crippen LogP contribution < -0.4 is 24.4 Å². The Bertz CT molecular complexity index is 1440. The van der Waals surface area contributed by atoms with Crippen molar-refractivity contribution in [3.8, 4) is 17.4 Å². The third kappa shape index (κ3) is 7.95. The molecule has 2 aliphatic rings. The van der Waals surface area contributed by atoms with Gasteiger partial charge in [0.1, 0.15) is 24.9 Å². The molecule has 1 fully saturated rings. The van der Waals surface area contributed by atoms with Crippen LogP contribution in [0.15, 0.2) is 42.6 Å². The molecule has 0 bridgehead atoms. The van der Waals surface area contributed by atoms with Crippen molar-refractivity contribution in [3.63, 3.8) is 0 Å². The first-order valence-corrected chi connectivity index (χ1v) is 14.5. The third-order valence-corrected chi connectivity index (χ3v) is 7.04. The van der Waals surface area contributed by atoms with Crippen LogP contribution in [0, 0.1) is 0 Å². The molecule has 1 unspecified atom stereocenters. The molecule has 4 heterocycles. The van der Waals surface area contributed by atoms with Crippen molar-refractivity contribution in [2.75, 3.05) is 57.9 Å². The monoisotopic (exact) mass is 593 g/mol. The highest BCUT2D eigenvalue weighted by molar-refractivity contribution is 5.90. The molecule has 1 saturated heterocycles. The molecule has 1 N–H and O–H groups in total. The number of benzene rings is 1. The van der Waals surface area contributed by atoms with E-state index in [-0.39, 0.29) is 6.10 Å². The van der Waals surface area contributed by atoms with Crippen LogP contribution in [0.1, 0.15) is 32.8 Å². The van der Waals surface area contributed by atoms with Crippen molar-refractivity contribution < 1.29 is 33.3 Å². The van der Waals surface area contributed by atoms with Gasteiger partial charge in [0.2, 0.25) is 5.88 Å². The molecule has 12 heteroatoms. The number of nitrogens with zero attached hydrogens (tertiary/aromatic N) is 4. The molecular weight excluding hydrogens is 554 g/mol. The fourth-order valence-corrected chi connectivity index (χ4v) is 5.11. The van der Waals surface area contributed by atoms with E-state index in [2.05, 4.69) is 20.2 Å². The molecule has 2 amide bonds. The Morgan fingerprint density at radius 1 is 1.12 bits per heavy atom. The van der Waals surface area contributed by atoms with Gasteiger partial charge in [0, 0.05) is 38.0 Å². The highest BCUT2D eigenvalue weighted by Crippen LogP contribution is 2.35. The van der Waals surface area contributed by atoms with Crippen molar-refractivity contribution in [2.24, 2.45) is 0 Å². The largest absolute Gasteiger partial charge is 0.486 e. The number of hydrogen-bond donors (Lipinski definition) is 1. The first-order chi connectivity index (χ1) is 20.7. The van der Waals surface area contributed by atoms with E-state index in [0.29, 0.717) is 69.0 Å². The quantitative estimate of drug-likeness (QED) is 0.346. The molecule has 0 spiro atoms. The number of aromatic nitrogens is 2. The van der Waals surface area contributed by atoms with Gasteiger partial charge >= 0.3 is 12.2 Å². The Labute approximate surface area is 251 Å². The molecule has 43 heavy (non-hydrogen) atoms. The summed E-state index contributed by atoms with van der Waals surface area (Å²) < 4.78 is 27.8. The molecule has 230 valence electrons. The number of aryl methyl sites for hydroxylation is 1.